The van der Waals surface area contributed by atoms with Crippen LogP contribution in [-0.2, 0) is 0 Å². The van der Waals surface area contributed by atoms with Gasteiger partial charge in [-0.2, -0.15) is 14.6 Å². The van der Waals surface area contributed by atoms with Crippen LogP contribution < -0.4 is 19.6 Å². The third-order valence-electron chi connectivity index (χ3n) is 7.20. The molecule has 9 heteroatoms. The molecule has 3 heterocycles. The fourth-order valence-corrected chi connectivity index (χ4v) is 5.58. The number of rotatable bonds is 12. The minimum Gasteiger partial charge on any atom is -0.494 e. The van der Waals surface area contributed by atoms with Gasteiger partial charge in [0, 0.05) is 22.9 Å². The van der Waals surface area contributed by atoms with Crippen LogP contribution in [0, 0.1) is 5.92 Å². The molecule has 0 saturated carbocycles. The largest absolute Gasteiger partial charge is 0.494 e. The highest BCUT2D eigenvalue weighted by atomic mass is 32.1. The number of thiazole rings is 1. The molecule has 3 aromatic heterocycles. The summed E-state index contributed by atoms with van der Waals surface area (Å²) in [6.45, 7) is 7.88. The zero-order valence-electron chi connectivity index (χ0n) is 25.1. The molecule has 0 aliphatic rings. The summed E-state index contributed by atoms with van der Waals surface area (Å²) in [4.78, 5) is 18.7. The van der Waals surface area contributed by atoms with Gasteiger partial charge in [0.05, 0.1) is 23.4 Å². The first-order valence-electron chi connectivity index (χ1n) is 15.0. The Morgan fingerprint density at radius 3 is 2.20 bits per heavy atom. The van der Waals surface area contributed by atoms with E-state index in [1.807, 2.05) is 95.8 Å². The van der Waals surface area contributed by atoms with E-state index in [9.17, 15) is 4.79 Å². The summed E-state index contributed by atoms with van der Waals surface area (Å²) in [7, 11) is 0. The van der Waals surface area contributed by atoms with E-state index in [0.29, 0.717) is 34.4 Å². The van der Waals surface area contributed by atoms with Crippen molar-refractivity contribution in [2.45, 2.75) is 40.0 Å². The molecule has 0 fully saturated rings. The first-order chi connectivity index (χ1) is 21.5. The Kier molecular flexibility index (Phi) is 8.84. The average molecular weight is 606 g/mol. The molecule has 224 valence electrons. The molecule has 0 spiro atoms. The van der Waals surface area contributed by atoms with Gasteiger partial charge in [-0.15, -0.1) is 5.10 Å². The lowest BCUT2D eigenvalue weighted by atomic mass is 10.1. The second-order valence-corrected chi connectivity index (χ2v) is 12.0. The van der Waals surface area contributed by atoms with Crippen LogP contribution >= 0.6 is 11.3 Å². The van der Waals surface area contributed by atoms with Crippen molar-refractivity contribution >= 4 is 22.4 Å². The van der Waals surface area contributed by atoms with Gasteiger partial charge in [0.2, 0.25) is 4.96 Å². The highest BCUT2D eigenvalue weighted by Gasteiger charge is 2.15. The van der Waals surface area contributed by atoms with E-state index in [1.54, 1.807) is 0 Å². The third kappa shape index (κ3) is 6.58. The number of nitrogens with zero attached hydrogens (tertiary/aromatic N) is 5. The van der Waals surface area contributed by atoms with E-state index in [4.69, 9.17) is 14.6 Å². The first kappa shape index (κ1) is 29.3. The number of hydrogen-bond donors (Lipinski definition) is 0. The summed E-state index contributed by atoms with van der Waals surface area (Å²) in [5.74, 6) is 2.73. The molecule has 6 aromatic rings. The van der Waals surface area contributed by atoms with Gasteiger partial charge in [0.1, 0.15) is 17.2 Å². The molecule has 0 bridgehead atoms. The van der Waals surface area contributed by atoms with Crippen LogP contribution in [0.1, 0.15) is 45.6 Å². The summed E-state index contributed by atoms with van der Waals surface area (Å²) >= 11 is 1.31. The molecule has 0 N–H and O–H groups in total. The van der Waals surface area contributed by atoms with Crippen molar-refractivity contribution in [2.24, 2.45) is 5.92 Å². The minimum atomic E-state index is -0.212. The lowest BCUT2D eigenvalue weighted by Gasteiger charge is -2.08. The first-order valence-corrected chi connectivity index (χ1v) is 15.8. The van der Waals surface area contributed by atoms with E-state index in [2.05, 4.69) is 30.9 Å². The van der Waals surface area contributed by atoms with E-state index in [-0.39, 0.29) is 5.56 Å². The van der Waals surface area contributed by atoms with Crippen molar-refractivity contribution in [3.05, 3.63) is 106 Å². The molecule has 0 amide bonds. The van der Waals surface area contributed by atoms with Gasteiger partial charge in [0.15, 0.2) is 5.82 Å². The highest BCUT2D eigenvalue weighted by molar-refractivity contribution is 7.15. The zero-order chi connectivity index (χ0) is 30.5. The maximum Gasteiger partial charge on any atom is 0.291 e. The molecule has 0 unspecified atom stereocenters. The molecule has 44 heavy (non-hydrogen) atoms. The summed E-state index contributed by atoms with van der Waals surface area (Å²) < 4.78 is 15.4. The number of hydrogen-bond acceptors (Lipinski definition) is 7. The zero-order valence-corrected chi connectivity index (χ0v) is 26.0. The summed E-state index contributed by atoms with van der Waals surface area (Å²) in [6.07, 6.45) is 6.92. The number of aromatic nitrogens is 5. The molecular formula is C35H35N5O3S. The number of para-hydroxylation sites is 1. The van der Waals surface area contributed by atoms with E-state index >= 15 is 0 Å². The van der Waals surface area contributed by atoms with E-state index in [0.717, 1.165) is 58.8 Å². The second kappa shape index (κ2) is 13.3. The van der Waals surface area contributed by atoms with Crippen molar-refractivity contribution in [3.63, 3.8) is 0 Å². The SMILES string of the molecule is CCCCOc1ccc(-c2nc3sc(=Cc4cn(-c5ccccc5)nc4-c4ccc(OCCC(C)C)cc4)c(=O)n3n2)cc1. The lowest BCUT2D eigenvalue weighted by molar-refractivity contribution is 0.289. The van der Waals surface area contributed by atoms with Crippen molar-refractivity contribution < 1.29 is 9.47 Å². The quantitative estimate of drug-likeness (QED) is 0.142. The van der Waals surface area contributed by atoms with Gasteiger partial charge in [-0.3, -0.25) is 4.79 Å². The van der Waals surface area contributed by atoms with Gasteiger partial charge in [-0.05, 0) is 85.5 Å². The van der Waals surface area contributed by atoms with E-state index < -0.39 is 0 Å². The Balaban J connectivity index is 1.32. The van der Waals surface area contributed by atoms with Crippen molar-refractivity contribution in [1.29, 1.82) is 0 Å². The van der Waals surface area contributed by atoms with Gasteiger partial charge in [0.25, 0.3) is 5.56 Å². The van der Waals surface area contributed by atoms with Gasteiger partial charge < -0.3 is 9.47 Å². The van der Waals surface area contributed by atoms with Crippen LogP contribution in [0.25, 0.3) is 39.4 Å². The van der Waals surface area contributed by atoms with Crippen LogP contribution in [-0.4, -0.2) is 37.6 Å². The smallest absolute Gasteiger partial charge is 0.291 e. The van der Waals surface area contributed by atoms with Crippen molar-refractivity contribution in [3.8, 4) is 39.8 Å². The molecule has 3 aromatic carbocycles. The molecule has 0 aliphatic carbocycles. The third-order valence-corrected chi connectivity index (χ3v) is 8.16. The molecule has 8 nitrogen and oxygen atoms in total. The predicted octanol–water partition coefficient (Wildman–Crippen LogP) is 6.82. The van der Waals surface area contributed by atoms with Crippen LogP contribution in [0.5, 0.6) is 11.5 Å². The number of fused-ring (bicyclic) bond motifs is 1. The Hall–Kier alpha value is -4.76. The van der Waals surface area contributed by atoms with Crippen molar-refractivity contribution in [1.82, 2.24) is 24.4 Å². The predicted molar refractivity (Wildman–Crippen MR) is 176 cm³/mol. The van der Waals surface area contributed by atoms with Gasteiger partial charge in [-0.1, -0.05) is 56.7 Å². The van der Waals surface area contributed by atoms with Crippen molar-refractivity contribution in [2.75, 3.05) is 13.2 Å². The van der Waals surface area contributed by atoms with Crippen LogP contribution in [0.4, 0.5) is 0 Å². The normalized spacial score (nSPS) is 12.0. The Morgan fingerprint density at radius 1 is 0.864 bits per heavy atom. The standard InChI is InChI=1S/C35H35N5O3S/c1-4-5-20-42-29-17-13-26(14-18-29)33-36-35-40(38-33)34(41)31(44-35)22-27-23-39(28-9-7-6-8-10-28)37-32(27)25-11-15-30(16-12-25)43-21-19-24(2)3/h6-18,22-24H,4-5,19-21H2,1-3H3. The van der Waals surface area contributed by atoms with Crippen LogP contribution in [0.15, 0.2) is 89.9 Å². The lowest BCUT2D eigenvalue weighted by Crippen LogP contribution is -2.23. The van der Waals surface area contributed by atoms with E-state index in [1.165, 1.54) is 15.9 Å². The second-order valence-electron chi connectivity index (χ2n) is 11.0. The fourth-order valence-electron chi connectivity index (χ4n) is 4.68. The molecule has 0 aliphatic heterocycles. The number of unbranched alkanes of at least 4 members (excludes halogenated alkanes) is 1. The minimum absolute atomic E-state index is 0.212. The fraction of sp³-hybridized carbons (Fsp3) is 0.257. The monoisotopic (exact) mass is 605 g/mol. The Labute approximate surface area is 260 Å². The molecule has 0 atom stereocenters. The molecule has 0 radical (unpaired) electrons. The highest BCUT2D eigenvalue weighted by Crippen LogP contribution is 2.27. The Morgan fingerprint density at radius 2 is 1.55 bits per heavy atom. The molecule has 0 saturated heterocycles. The van der Waals surface area contributed by atoms with Crippen LogP contribution in [0.2, 0.25) is 0 Å². The maximum atomic E-state index is 13.5. The average Bonchev–Trinajstić information content (AvgIpc) is 3.73. The number of benzene rings is 3. The topological polar surface area (TPSA) is 83.5 Å². The van der Waals surface area contributed by atoms with Crippen LogP contribution in [0.3, 0.4) is 0 Å². The molecule has 6 rings (SSSR count). The summed E-state index contributed by atoms with van der Waals surface area (Å²) in [6, 6.07) is 25.5. The van der Waals surface area contributed by atoms with Gasteiger partial charge >= 0.3 is 0 Å². The maximum absolute atomic E-state index is 13.5. The molecular weight excluding hydrogens is 570 g/mol. The number of ether oxygens (including phenoxy) is 2. The summed E-state index contributed by atoms with van der Waals surface area (Å²) in [5.41, 5.74) is 4.06. The Bertz CT molecular complexity index is 1940. The van der Waals surface area contributed by atoms with Gasteiger partial charge in [-0.25, -0.2) is 4.68 Å². The summed E-state index contributed by atoms with van der Waals surface area (Å²) in [5, 5.41) is 9.45.